The van der Waals surface area contributed by atoms with E-state index in [0.29, 0.717) is 25.7 Å². The Morgan fingerprint density at radius 2 is 1.92 bits per heavy atom. The SMILES string of the molecule is O=C(c1ccc(F)cc1F)N1CCC2CCN(c3ncncc3F)CC21. The summed E-state index contributed by atoms with van der Waals surface area (Å²) in [5.41, 5.74) is -0.141. The minimum absolute atomic E-state index is 0.141. The number of nitrogens with zero attached hydrogens (tertiary/aromatic N) is 4. The van der Waals surface area contributed by atoms with Crippen LogP contribution in [0.4, 0.5) is 19.0 Å². The van der Waals surface area contributed by atoms with Gasteiger partial charge in [-0.15, -0.1) is 0 Å². The monoisotopic (exact) mass is 362 g/mol. The van der Waals surface area contributed by atoms with E-state index in [-0.39, 0.29) is 23.3 Å². The van der Waals surface area contributed by atoms with Crippen molar-refractivity contribution in [3.05, 3.63) is 53.7 Å². The Balaban J connectivity index is 1.57. The van der Waals surface area contributed by atoms with Crippen LogP contribution >= 0.6 is 0 Å². The number of benzene rings is 1. The lowest BCUT2D eigenvalue weighted by Crippen LogP contribution is -2.50. The molecule has 1 aromatic carbocycles. The highest BCUT2D eigenvalue weighted by molar-refractivity contribution is 5.95. The summed E-state index contributed by atoms with van der Waals surface area (Å²) in [5.74, 6) is -2.06. The summed E-state index contributed by atoms with van der Waals surface area (Å²) in [6, 6.07) is 2.80. The Bertz CT molecular complexity index is 847. The second-order valence-corrected chi connectivity index (χ2v) is 6.67. The molecule has 2 aliphatic heterocycles. The third-order valence-electron chi connectivity index (χ3n) is 5.23. The molecule has 0 aliphatic carbocycles. The molecule has 0 bridgehead atoms. The molecule has 2 atom stereocenters. The molecule has 2 aromatic rings. The number of anilines is 1. The van der Waals surface area contributed by atoms with Crippen LogP contribution in [0.1, 0.15) is 23.2 Å². The summed E-state index contributed by atoms with van der Waals surface area (Å²) in [6.07, 6.45) is 4.01. The van der Waals surface area contributed by atoms with E-state index in [1.807, 2.05) is 0 Å². The summed E-state index contributed by atoms with van der Waals surface area (Å²) in [4.78, 5) is 23.9. The fourth-order valence-electron chi connectivity index (χ4n) is 3.94. The minimum atomic E-state index is -0.868. The van der Waals surface area contributed by atoms with Crippen molar-refractivity contribution in [1.82, 2.24) is 14.9 Å². The first-order chi connectivity index (χ1) is 12.5. The number of aromatic nitrogens is 2. The van der Waals surface area contributed by atoms with E-state index < -0.39 is 23.4 Å². The number of amides is 1. The number of hydrogen-bond acceptors (Lipinski definition) is 4. The van der Waals surface area contributed by atoms with E-state index in [0.717, 1.165) is 25.1 Å². The fraction of sp³-hybridized carbons (Fsp3) is 0.389. The molecular formula is C18H17F3N4O. The van der Waals surface area contributed by atoms with Crippen LogP contribution in [0.3, 0.4) is 0 Å². The molecule has 1 aromatic heterocycles. The van der Waals surface area contributed by atoms with Gasteiger partial charge in [-0.2, -0.15) is 0 Å². The van der Waals surface area contributed by atoms with Gasteiger partial charge in [0, 0.05) is 25.7 Å². The van der Waals surface area contributed by atoms with Crippen molar-refractivity contribution in [2.24, 2.45) is 5.92 Å². The number of likely N-dealkylation sites (tertiary alicyclic amines) is 1. The fourth-order valence-corrected chi connectivity index (χ4v) is 3.94. The van der Waals surface area contributed by atoms with Crippen LogP contribution in [0, 0.1) is 23.4 Å². The topological polar surface area (TPSA) is 49.3 Å². The van der Waals surface area contributed by atoms with E-state index in [9.17, 15) is 18.0 Å². The van der Waals surface area contributed by atoms with Crippen LogP contribution in [0.25, 0.3) is 0 Å². The molecule has 2 unspecified atom stereocenters. The first-order valence-electron chi connectivity index (χ1n) is 8.51. The lowest BCUT2D eigenvalue weighted by atomic mass is 9.92. The highest BCUT2D eigenvalue weighted by Crippen LogP contribution is 2.34. The summed E-state index contributed by atoms with van der Waals surface area (Å²) in [6.45, 7) is 1.57. The van der Waals surface area contributed by atoms with Gasteiger partial charge in [-0.05, 0) is 30.9 Å². The van der Waals surface area contributed by atoms with Gasteiger partial charge in [0.1, 0.15) is 18.0 Å². The molecule has 8 heteroatoms. The molecule has 0 N–H and O–H groups in total. The minimum Gasteiger partial charge on any atom is -0.352 e. The Hall–Kier alpha value is -2.64. The van der Waals surface area contributed by atoms with Gasteiger partial charge in [0.2, 0.25) is 0 Å². The number of carbonyl (C=O) groups is 1. The predicted molar refractivity (Wildman–Crippen MR) is 88.1 cm³/mol. The van der Waals surface area contributed by atoms with Crippen LogP contribution in [0.2, 0.25) is 0 Å². The van der Waals surface area contributed by atoms with E-state index in [2.05, 4.69) is 9.97 Å². The van der Waals surface area contributed by atoms with Crippen molar-refractivity contribution in [3.8, 4) is 0 Å². The first kappa shape index (κ1) is 16.8. The third kappa shape index (κ3) is 2.89. The Labute approximate surface area is 148 Å². The van der Waals surface area contributed by atoms with Crippen LogP contribution in [-0.2, 0) is 0 Å². The number of halogens is 3. The van der Waals surface area contributed by atoms with Gasteiger partial charge in [-0.1, -0.05) is 0 Å². The standard InChI is InChI=1S/C18H17F3N4O/c19-12-1-2-13(14(20)7-12)18(26)25-6-4-11-3-5-24(9-16(11)25)17-15(21)8-22-10-23-17/h1-2,7-8,10-11,16H,3-6,9H2. The van der Waals surface area contributed by atoms with E-state index in [4.69, 9.17) is 0 Å². The van der Waals surface area contributed by atoms with Gasteiger partial charge in [0.05, 0.1) is 17.8 Å². The molecule has 2 aliphatic rings. The van der Waals surface area contributed by atoms with Crippen molar-refractivity contribution < 1.29 is 18.0 Å². The smallest absolute Gasteiger partial charge is 0.257 e. The number of carbonyl (C=O) groups excluding carboxylic acids is 1. The van der Waals surface area contributed by atoms with E-state index in [1.165, 1.54) is 12.4 Å². The van der Waals surface area contributed by atoms with E-state index in [1.54, 1.807) is 9.80 Å². The van der Waals surface area contributed by atoms with Crippen molar-refractivity contribution in [2.45, 2.75) is 18.9 Å². The Kier molecular flexibility index (Phi) is 4.26. The molecule has 5 nitrogen and oxygen atoms in total. The van der Waals surface area contributed by atoms with Gasteiger partial charge in [0.15, 0.2) is 11.6 Å². The van der Waals surface area contributed by atoms with Gasteiger partial charge < -0.3 is 9.80 Å². The molecule has 2 saturated heterocycles. The van der Waals surface area contributed by atoms with Crippen LogP contribution in [0.5, 0.6) is 0 Å². The Morgan fingerprint density at radius 1 is 1.12 bits per heavy atom. The molecule has 0 radical (unpaired) electrons. The Morgan fingerprint density at radius 3 is 2.69 bits per heavy atom. The zero-order valence-corrected chi connectivity index (χ0v) is 13.9. The summed E-state index contributed by atoms with van der Waals surface area (Å²) in [5, 5.41) is 0. The number of fused-ring (bicyclic) bond motifs is 1. The summed E-state index contributed by atoms with van der Waals surface area (Å²) in [7, 11) is 0. The third-order valence-corrected chi connectivity index (χ3v) is 5.23. The highest BCUT2D eigenvalue weighted by atomic mass is 19.1. The second kappa shape index (κ2) is 6.59. The lowest BCUT2D eigenvalue weighted by molar-refractivity contribution is 0.0707. The van der Waals surface area contributed by atoms with Crippen molar-refractivity contribution >= 4 is 11.7 Å². The molecular weight excluding hydrogens is 345 g/mol. The summed E-state index contributed by atoms with van der Waals surface area (Å²) >= 11 is 0. The van der Waals surface area contributed by atoms with Crippen molar-refractivity contribution in [3.63, 3.8) is 0 Å². The molecule has 1 amide bonds. The largest absolute Gasteiger partial charge is 0.352 e. The number of piperidine rings is 1. The molecule has 136 valence electrons. The lowest BCUT2D eigenvalue weighted by Gasteiger charge is -2.39. The normalized spacial score (nSPS) is 22.4. The maximum absolute atomic E-state index is 14.0. The van der Waals surface area contributed by atoms with Gasteiger partial charge in [-0.25, -0.2) is 23.1 Å². The first-order valence-corrected chi connectivity index (χ1v) is 8.51. The molecule has 3 heterocycles. The molecule has 4 rings (SSSR count). The molecule has 0 spiro atoms. The zero-order chi connectivity index (χ0) is 18.3. The molecule has 2 fully saturated rings. The van der Waals surface area contributed by atoms with Crippen LogP contribution in [0.15, 0.2) is 30.7 Å². The van der Waals surface area contributed by atoms with Crippen molar-refractivity contribution in [2.75, 3.05) is 24.5 Å². The van der Waals surface area contributed by atoms with Crippen LogP contribution in [-0.4, -0.2) is 46.5 Å². The number of hydrogen-bond donors (Lipinski definition) is 0. The number of rotatable bonds is 2. The maximum atomic E-state index is 14.0. The maximum Gasteiger partial charge on any atom is 0.257 e. The average Bonchev–Trinajstić information content (AvgIpc) is 3.05. The second-order valence-electron chi connectivity index (χ2n) is 6.67. The van der Waals surface area contributed by atoms with Crippen LogP contribution < -0.4 is 4.90 Å². The average molecular weight is 362 g/mol. The summed E-state index contributed by atoms with van der Waals surface area (Å²) < 4.78 is 41.1. The van der Waals surface area contributed by atoms with Gasteiger partial charge in [0.25, 0.3) is 5.91 Å². The molecule has 0 saturated carbocycles. The van der Waals surface area contributed by atoms with Crippen molar-refractivity contribution in [1.29, 1.82) is 0 Å². The highest BCUT2D eigenvalue weighted by Gasteiger charge is 2.42. The van der Waals surface area contributed by atoms with E-state index >= 15 is 0 Å². The zero-order valence-electron chi connectivity index (χ0n) is 13.9. The van der Waals surface area contributed by atoms with Gasteiger partial charge >= 0.3 is 0 Å². The molecule has 26 heavy (non-hydrogen) atoms. The predicted octanol–water partition coefficient (Wildman–Crippen LogP) is 2.63. The van der Waals surface area contributed by atoms with Gasteiger partial charge in [-0.3, -0.25) is 4.79 Å². The quantitative estimate of drug-likeness (QED) is 0.824.